The highest BCUT2D eigenvalue weighted by Crippen LogP contribution is 2.45. The summed E-state index contributed by atoms with van der Waals surface area (Å²) >= 11 is 0. The highest BCUT2D eigenvalue weighted by molar-refractivity contribution is 6.06. The van der Waals surface area contributed by atoms with E-state index in [1.165, 1.54) is 6.33 Å². The van der Waals surface area contributed by atoms with Crippen molar-refractivity contribution < 1.29 is 5.21 Å². The lowest BCUT2D eigenvalue weighted by molar-refractivity contribution is 0.297. The number of hydrogen-bond acceptors (Lipinski definition) is 7. The second-order valence-corrected chi connectivity index (χ2v) is 4.98. The smallest absolute Gasteiger partial charge is 0.184 e. The Morgan fingerprint density at radius 1 is 1.38 bits per heavy atom. The molecule has 1 aromatic carbocycles. The number of nitrogens with one attached hydrogen (secondary N) is 2. The molecule has 4 rings (SSSR count). The molecule has 7 nitrogen and oxygen atoms in total. The fourth-order valence-electron chi connectivity index (χ4n) is 2.74. The molecule has 0 spiro atoms. The molecule has 0 saturated carbocycles. The Kier molecular flexibility index (Phi) is 2.28. The highest BCUT2D eigenvalue weighted by atomic mass is 16.5. The van der Waals surface area contributed by atoms with Gasteiger partial charge in [0.15, 0.2) is 5.82 Å². The third-order valence-corrected chi connectivity index (χ3v) is 3.68. The van der Waals surface area contributed by atoms with Gasteiger partial charge >= 0.3 is 0 Å². The molecule has 2 aromatic rings. The van der Waals surface area contributed by atoms with Crippen molar-refractivity contribution in [3.8, 4) is 0 Å². The van der Waals surface area contributed by atoms with Crippen molar-refractivity contribution in [1.29, 1.82) is 5.41 Å². The first-order valence-electron chi connectivity index (χ1n) is 6.42. The molecule has 0 fully saturated rings. The van der Waals surface area contributed by atoms with E-state index in [4.69, 9.17) is 11.1 Å². The van der Waals surface area contributed by atoms with Crippen molar-refractivity contribution in [2.24, 2.45) is 5.73 Å². The largest absolute Gasteiger partial charge is 0.398 e. The maximum atomic E-state index is 10.4. The molecule has 2 heterocycles. The van der Waals surface area contributed by atoms with E-state index < -0.39 is 0 Å². The molecule has 1 aliphatic heterocycles. The van der Waals surface area contributed by atoms with E-state index >= 15 is 0 Å². The van der Waals surface area contributed by atoms with Crippen LogP contribution in [0.25, 0.3) is 5.70 Å². The predicted molar refractivity (Wildman–Crippen MR) is 79.3 cm³/mol. The van der Waals surface area contributed by atoms with Crippen LogP contribution in [0.5, 0.6) is 0 Å². The Morgan fingerprint density at radius 3 is 3.10 bits per heavy atom. The van der Waals surface area contributed by atoms with Gasteiger partial charge < -0.3 is 16.5 Å². The number of hydrogen-bond donors (Lipinski definition) is 4. The summed E-state index contributed by atoms with van der Waals surface area (Å²) < 4.78 is 0. The van der Waals surface area contributed by atoms with Crippen LogP contribution in [-0.2, 0) is 6.42 Å². The van der Waals surface area contributed by atoms with Gasteiger partial charge in [-0.1, -0.05) is 6.07 Å². The number of allylic oxidation sites excluding steroid dienone is 1. The maximum Gasteiger partial charge on any atom is 0.184 e. The highest BCUT2D eigenvalue weighted by Gasteiger charge is 2.28. The van der Waals surface area contributed by atoms with Gasteiger partial charge in [-0.15, -0.1) is 0 Å². The van der Waals surface area contributed by atoms with Crippen LogP contribution in [0.1, 0.15) is 11.1 Å². The molecule has 0 saturated heterocycles. The fourth-order valence-corrected chi connectivity index (χ4v) is 2.74. The number of nitrogens with two attached hydrogens (primary N) is 1. The van der Waals surface area contributed by atoms with Crippen molar-refractivity contribution in [1.82, 2.24) is 9.97 Å². The molecule has 1 aromatic heterocycles. The average Bonchev–Trinajstić information content (AvgIpc) is 2.47. The molecule has 7 heteroatoms. The summed E-state index contributed by atoms with van der Waals surface area (Å²) in [4.78, 5) is 8.02. The van der Waals surface area contributed by atoms with Crippen molar-refractivity contribution in [2.45, 2.75) is 6.42 Å². The summed E-state index contributed by atoms with van der Waals surface area (Å²) in [6.45, 7) is 0. The lowest BCUT2D eigenvalue weighted by atomic mass is 9.91. The van der Waals surface area contributed by atoms with Gasteiger partial charge in [-0.05, 0) is 17.7 Å². The Morgan fingerprint density at radius 2 is 2.24 bits per heavy atom. The van der Waals surface area contributed by atoms with E-state index in [9.17, 15) is 5.21 Å². The van der Waals surface area contributed by atoms with Gasteiger partial charge in [0.2, 0.25) is 0 Å². The quantitative estimate of drug-likeness (QED) is 0.587. The van der Waals surface area contributed by atoms with Crippen molar-refractivity contribution in [2.75, 3.05) is 10.4 Å². The van der Waals surface area contributed by atoms with Crippen LogP contribution in [0.3, 0.4) is 0 Å². The number of fused-ring (bicyclic) bond motifs is 4. The van der Waals surface area contributed by atoms with Gasteiger partial charge in [0.1, 0.15) is 12.0 Å². The van der Waals surface area contributed by atoms with Crippen molar-refractivity contribution >= 4 is 34.3 Å². The summed E-state index contributed by atoms with van der Waals surface area (Å²) in [5.74, 6) is 0.395. The normalized spacial score (nSPS) is 15.6. The summed E-state index contributed by atoms with van der Waals surface area (Å²) in [5.41, 5.74) is 10.7. The molecule has 21 heavy (non-hydrogen) atoms. The van der Waals surface area contributed by atoms with Crippen LogP contribution in [0.15, 0.2) is 30.7 Å². The van der Waals surface area contributed by atoms with Gasteiger partial charge in [-0.25, -0.2) is 15.0 Å². The second-order valence-electron chi connectivity index (χ2n) is 4.98. The van der Waals surface area contributed by atoms with E-state index in [1.807, 2.05) is 6.07 Å². The third kappa shape index (κ3) is 1.61. The summed E-state index contributed by atoms with van der Waals surface area (Å²) in [5, 5.41) is 22.5. The fraction of sp³-hybridized carbons (Fsp3) is 0.0714. The number of anilines is 4. The average molecular weight is 280 g/mol. The van der Waals surface area contributed by atoms with Gasteiger partial charge in [0.25, 0.3) is 0 Å². The first kappa shape index (κ1) is 11.9. The van der Waals surface area contributed by atoms with E-state index in [-0.39, 0.29) is 0 Å². The van der Waals surface area contributed by atoms with Gasteiger partial charge in [-0.3, -0.25) is 5.21 Å². The van der Waals surface area contributed by atoms with E-state index in [0.717, 1.165) is 21.9 Å². The Labute approximate surface area is 120 Å². The Balaban J connectivity index is 1.95. The molecule has 1 aliphatic carbocycles. The number of rotatable bonds is 0. The lowest BCUT2D eigenvalue weighted by Gasteiger charge is -2.31. The minimum absolute atomic E-state index is 0.395. The molecule has 0 amide bonds. The van der Waals surface area contributed by atoms with Crippen LogP contribution in [0.2, 0.25) is 0 Å². The van der Waals surface area contributed by atoms with Gasteiger partial charge in [0, 0.05) is 23.4 Å². The number of benzene rings is 1. The molecule has 104 valence electrons. The van der Waals surface area contributed by atoms with E-state index in [2.05, 4.69) is 15.3 Å². The van der Waals surface area contributed by atoms with Crippen LogP contribution >= 0.6 is 0 Å². The van der Waals surface area contributed by atoms with Crippen LogP contribution in [0.4, 0.5) is 22.9 Å². The first-order valence-corrected chi connectivity index (χ1v) is 6.42. The Bertz CT molecular complexity index is 813. The van der Waals surface area contributed by atoms with Crippen LogP contribution < -0.4 is 16.1 Å². The zero-order valence-electron chi connectivity index (χ0n) is 11.0. The maximum absolute atomic E-state index is 10.4. The molecule has 0 radical (unpaired) electrons. The first-order chi connectivity index (χ1) is 10.1. The van der Waals surface area contributed by atoms with Crippen molar-refractivity contribution in [3.05, 3.63) is 41.9 Å². The summed E-state index contributed by atoms with van der Waals surface area (Å²) in [6.07, 6.45) is 5.10. The monoisotopic (exact) mass is 280 g/mol. The minimum Gasteiger partial charge on any atom is -0.398 e. The minimum atomic E-state index is 0.395. The Hall–Kier alpha value is -2.93. The van der Waals surface area contributed by atoms with E-state index in [1.54, 1.807) is 18.3 Å². The zero-order chi connectivity index (χ0) is 14.6. The topological polar surface area (TPSA) is 111 Å². The summed E-state index contributed by atoms with van der Waals surface area (Å²) in [7, 11) is 0. The molecular formula is C14H12N6O. The number of aromatic nitrogens is 2. The molecular weight excluding hydrogens is 268 g/mol. The van der Waals surface area contributed by atoms with Crippen LogP contribution in [0, 0.1) is 5.41 Å². The molecule has 0 atom stereocenters. The van der Waals surface area contributed by atoms with Crippen LogP contribution in [-0.4, -0.2) is 20.9 Å². The lowest BCUT2D eigenvalue weighted by Crippen LogP contribution is -2.23. The zero-order valence-corrected chi connectivity index (χ0v) is 11.0. The predicted octanol–water partition coefficient (Wildman–Crippen LogP) is 1.94. The van der Waals surface area contributed by atoms with Gasteiger partial charge in [0.05, 0.1) is 17.6 Å². The number of nitrogens with zero attached hydrogens (tertiary/aromatic N) is 3. The standard InChI is InChI=1S/C14H12N6O/c15-7-3-9-8(10(16)4-7)1-2-12-13(9)19-11-5-17-6-18-14(11)20(12)21/h1-2,4-6,15,19,21H,3,16H2. The third-order valence-electron chi connectivity index (χ3n) is 3.68. The molecule has 2 aliphatic rings. The summed E-state index contributed by atoms with van der Waals surface area (Å²) in [6, 6.07) is 3.63. The molecule has 0 bridgehead atoms. The van der Waals surface area contributed by atoms with Gasteiger partial charge in [-0.2, -0.15) is 0 Å². The SMILES string of the molecule is N=C1C=C(N)c2ccc3c(c2C1)Nc1cncnc1N3O. The molecule has 5 N–H and O–H groups in total. The molecule has 0 unspecified atom stereocenters. The van der Waals surface area contributed by atoms with E-state index in [0.29, 0.717) is 35.0 Å². The second kappa shape index (κ2) is 4.03. The van der Waals surface area contributed by atoms with Crippen molar-refractivity contribution in [3.63, 3.8) is 0 Å².